The molecule has 0 bridgehead atoms. The minimum atomic E-state index is -0.361. The number of carbonyl (C=O) groups excluding carboxylic acids is 2. The Balaban J connectivity index is 1.13. The minimum absolute atomic E-state index is 0.0267. The molecule has 176 valence electrons. The van der Waals surface area contributed by atoms with Crippen molar-refractivity contribution in [1.82, 2.24) is 14.8 Å². The van der Waals surface area contributed by atoms with E-state index in [4.69, 9.17) is 0 Å². The van der Waals surface area contributed by atoms with Crippen molar-refractivity contribution in [3.8, 4) is 0 Å². The number of amides is 2. The summed E-state index contributed by atoms with van der Waals surface area (Å²) in [5.41, 5.74) is 2.86. The summed E-state index contributed by atoms with van der Waals surface area (Å²) in [7, 11) is 0. The SMILES string of the molecule is O=C(Nc1nc2c(s1)CN(Cc1ccccc1)CC2)C1CCN(C(=O)c2ccc(F)cc2)CC1. The van der Waals surface area contributed by atoms with Crippen molar-refractivity contribution < 1.29 is 14.0 Å². The highest BCUT2D eigenvalue weighted by Gasteiger charge is 2.29. The van der Waals surface area contributed by atoms with Gasteiger partial charge in [-0.05, 0) is 42.7 Å². The van der Waals surface area contributed by atoms with Gasteiger partial charge in [-0.1, -0.05) is 30.3 Å². The molecule has 1 fully saturated rings. The lowest BCUT2D eigenvalue weighted by atomic mass is 9.95. The van der Waals surface area contributed by atoms with E-state index in [9.17, 15) is 14.0 Å². The van der Waals surface area contributed by atoms with Gasteiger partial charge in [0.2, 0.25) is 5.91 Å². The van der Waals surface area contributed by atoms with Crippen LogP contribution < -0.4 is 5.32 Å². The van der Waals surface area contributed by atoms with E-state index in [1.54, 1.807) is 16.2 Å². The van der Waals surface area contributed by atoms with Gasteiger partial charge in [0, 0.05) is 55.5 Å². The van der Waals surface area contributed by atoms with E-state index >= 15 is 0 Å². The summed E-state index contributed by atoms with van der Waals surface area (Å²) < 4.78 is 13.1. The summed E-state index contributed by atoms with van der Waals surface area (Å²) in [6.45, 7) is 3.74. The van der Waals surface area contributed by atoms with Gasteiger partial charge in [0.15, 0.2) is 5.13 Å². The molecule has 2 aromatic carbocycles. The molecule has 1 aromatic heterocycles. The number of nitrogens with one attached hydrogen (secondary N) is 1. The summed E-state index contributed by atoms with van der Waals surface area (Å²) in [4.78, 5) is 35.5. The first kappa shape index (κ1) is 22.7. The fraction of sp³-hybridized carbons (Fsp3) is 0.346. The molecule has 2 aliphatic heterocycles. The topological polar surface area (TPSA) is 65.5 Å². The normalized spacial score (nSPS) is 16.8. The van der Waals surface area contributed by atoms with E-state index in [0.717, 1.165) is 31.7 Å². The first-order chi connectivity index (χ1) is 16.5. The van der Waals surface area contributed by atoms with Crippen LogP contribution in [0, 0.1) is 11.7 Å². The molecule has 0 saturated carbocycles. The maximum Gasteiger partial charge on any atom is 0.253 e. The van der Waals surface area contributed by atoms with Gasteiger partial charge >= 0.3 is 0 Å². The zero-order valence-corrected chi connectivity index (χ0v) is 19.7. The number of thiazole rings is 1. The molecular weight excluding hydrogens is 451 g/mol. The molecule has 34 heavy (non-hydrogen) atoms. The van der Waals surface area contributed by atoms with Gasteiger partial charge < -0.3 is 10.2 Å². The number of hydrogen-bond acceptors (Lipinski definition) is 5. The van der Waals surface area contributed by atoms with Gasteiger partial charge in [0.1, 0.15) is 5.82 Å². The Morgan fingerprint density at radius 2 is 1.76 bits per heavy atom. The van der Waals surface area contributed by atoms with E-state index < -0.39 is 0 Å². The molecule has 0 spiro atoms. The van der Waals surface area contributed by atoms with Crippen molar-refractivity contribution in [2.24, 2.45) is 5.92 Å². The standard InChI is InChI=1S/C26H27FN4O2S/c27-21-8-6-20(7-9-21)25(33)31-14-10-19(11-15-31)24(32)29-26-28-22-12-13-30(17-23(22)34-26)16-18-4-2-1-3-5-18/h1-9,19H,10-17H2,(H,28,29,32). The summed E-state index contributed by atoms with van der Waals surface area (Å²) >= 11 is 1.57. The first-order valence-electron chi connectivity index (χ1n) is 11.7. The Hall–Kier alpha value is -3.10. The van der Waals surface area contributed by atoms with Crippen LogP contribution in [0.2, 0.25) is 0 Å². The highest BCUT2D eigenvalue weighted by molar-refractivity contribution is 7.15. The number of fused-ring (bicyclic) bond motifs is 1. The van der Waals surface area contributed by atoms with Crippen molar-refractivity contribution in [2.45, 2.75) is 32.4 Å². The molecule has 1 saturated heterocycles. The van der Waals surface area contributed by atoms with Gasteiger partial charge in [-0.25, -0.2) is 9.37 Å². The summed E-state index contributed by atoms with van der Waals surface area (Å²) in [5, 5.41) is 3.69. The highest BCUT2D eigenvalue weighted by Crippen LogP contribution is 2.30. The number of anilines is 1. The second kappa shape index (κ2) is 10.0. The largest absolute Gasteiger partial charge is 0.339 e. The number of hydrogen-bond donors (Lipinski definition) is 1. The number of rotatable bonds is 5. The quantitative estimate of drug-likeness (QED) is 0.593. The third-order valence-corrected chi connectivity index (χ3v) is 7.53. The Morgan fingerprint density at radius 3 is 2.50 bits per heavy atom. The highest BCUT2D eigenvalue weighted by atomic mass is 32.1. The van der Waals surface area contributed by atoms with Gasteiger partial charge in [0.05, 0.1) is 5.69 Å². The molecule has 3 heterocycles. The molecule has 0 aliphatic carbocycles. The van der Waals surface area contributed by atoms with Crippen LogP contribution in [0.25, 0.3) is 0 Å². The Kier molecular flexibility index (Phi) is 6.69. The van der Waals surface area contributed by atoms with Crippen LogP contribution >= 0.6 is 11.3 Å². The van der Waals surface area contributed by atoms with Gasteiger partial charge in [0.25, 0.3) is 5.91 Å². The number of likely N-dealkylation sites (tertiary alicyclic amines) is 1. The van der Waals surface area contributed by atoms with Crippen LogP contribution in [0.4, 0.5) is 9.52 Å². The molecule has 0 radical (unpaired) electrons. The summed E-state index contributed by atoms with van der Waals surface area (Å²) in [5.74, 6) is -0.653. The minimum Gasteiger partial charge on any atom is -0.339 e. The molecule has 3 aromatic rings. The molecule has 5 rings (SSSR count). The van der Waals surface area contributed by atoms with Crippen LogP contribution in [-0.2, 0) is 24.3 Å². The van der Waals surface area contributed by atoms with Crippen LogP contribution in [0.3, 0.4) is 0 Å². The monoisotopic (exact) mass is 478 g/mol. The lowest BCUT2D eigenvalue weighted by Gasteiger charge is -2.31. The van der Waals surface area contributed by atoms with Gasteiger partial charge in [-0.15, -0.1) is 11.3 Å². The Bertz CT molecular complexity index is 1160. The third-order valence-electron chi connectivity index (χ3n) is 6.53. The maximum absolute atomic E-state index is 13.1. The number of benzene rings is 2. The molecule has 2 amide bonds. The van der Waals surface area contributed by atoms with Crippen molar-refractivity contribution in [1.29, 1.82) is 0 Å². The van der Waals surface area contributed by atoms with E-state index in [-0.39, 0.29) is 23.5 Å². The van der Waals surface area contributed by atoms with E-state index in [1.165, 1.54) is 34.7 Å². The Labute approximate surface area is 202 Å². The average Bonchev–Trinajstić information content (AvgIpc) is 3.26. The van der Waals surface area contributed by atoms with E-state index in [0.29, 0.717) is 36.6 Å². The maximum atomic E-state index is 13.1. The van der Waals surface area contributed by atoms with Gasteiger partial charge in [-0.2, -0.15) is 0 Å². The molecule has 0 unspecified atom stereocenters. The van der Waals surface area contributed by atoms with Gasteiger partial charge in [-0.3, -0.25) is 14.5 Å². The second-order valence-electron chi connectivity index (χ2n) is 8.90. The first-order valence-corrected chi connectivity index (χ1v) is 12.5. The summed E-state index contributed by atoms with van der Waals surface area (Å²) in [6, 6.07) is 16.0. The molecule has 1 N–H and O–H groups in total. The molecule has 0 atom stereocenters. The smallest absolute Gasteiger partial charge is 0.253 e. The van der Waals surface area contributed by atoms with Crippen molar-refractivity contribution in [3.05, 3.63) is 82.1 Å². The number of nitrogens with zero attached hydrogens (tertiary/aromatic N) is 3. The van der Waals surface area contributed by atoms with Crippen molar-refractivity contribution >= 4 is 28.3 Å². The van der Waals surface area contributed by atoms with Crippen LogP contribution in [0.1, 0.15) is 39.3 Å². The van der Waals surface area contributed by atoms with E-state index in [1.807, 2.05) is 6.07 Å². The molecule has 2 aliphatic rings. The average molecular weight is 479 g/mol. The van der Waals surface area contributed by atoms with Crippen LogP contribution in [0.15, 0.2) is 54.6 Å². The second-order valence-corrected chi connectivity index (χ2v) is 9.98. The molecule has 6 nitrogen and oxygen atoms in total. The van der Waals surface area contributed by atoms with Crippen LogP contribution in [0.5, 0.6) is 0 Å². The summed E-state index contributed by atoms with van der Waals surface area (Å²) in [6.07, 6.45) is 2.10. The lowest BCUT2D eigenvalue weighted by molar-refractivity contribution is -0.121. The van der Waals surface area contributed by atoms with Crippen molar-refractivity contribution in [2.75, 3.05) is 25.0 Å². The predicted molar refractivity (Wildman–Crippen MR) is 130 cm³/mol. The zero-order chi connectivity index (χ0) is 23.5. The number of halogens is 1. The molecular formula is C26H27FN4O2S. The Morgan fingerprint density at radius 1 is 1.03 bits per heavy atom. The number of piperidine rings is 1. The number of aromatic nitrogens is 1. The van der Waals surface area contributed by atoms with Crippen LogP contribution in [-0.4, -0.2) is 46.2 Å². The zero-order valence-electron chi connectivity index (χ0n) is 18.9. The van der Waals surface area contributed by atoms with E-state index in [2.05, 4.69) is 39.5 Å². The molecule has 8 heteroatoms. The third kappa shape index (κ3) is 5.18. The fourth-order valence-electron chi connectivity index (χ4n) is 4.61. The lowest BCUT2D eigenvalue weighted by Crippen LogP contribution is -2.41. The predicted octanol–water partition coefficient (Wildman–Crippen LogP) is 4.33. The fourth-order valence-corrected chi connectivity index (χ4v) is 5.66. The number of carbonyl (C=O) groups is 2. The van der Waals surface area contributed by atoms with Crippen molar-refractivity contribution in [3.63, 3.8) is 0 Å².